The molecular weight excluding hydrogens is 196 g/mol. The van der Waals surface area contributed by atoms with E-state index in [-0.39, 0.29) is 23.8 Å². The largest absolute Gasteiger partial charge is 0.481 e. The van der Waals surface area contributed by atoms with E-state index in [1.54, 1.807) is 0 Å². The van der Waals surface area contributed by atoms with E-state index in [9.17, 15) is 9.59 Å². The van der Waals surface area contributed by atoms with E-state index in [2.05, 4.69) is 5.32 Å². The third kappa shape index (κ3) is 3.20. The van der Waals surface area contributed by atoms with Crippen molar-refractivity contribution in [2.45, 2.75) is 38.6 Å². The van der Waals surface area contributed by atoms with Gasteiger partial charge in [-0.3, -0.25) is 9.59 Å². The standard InChI is InChI=1S/C10H18N2O3/c1-7(2-3-8(13)14)12-9(15)10(6-11)4-5-10/h7H,2-6,11H2,1H3,(H,12,15)(H,13,14). The highest BCUT2D eigenvalue weighted by molar-refractivity contribution is 5.85. The average molecular weight is 214 g/mol. The van der Waals surface area contributed by atoms with Crippen LogP contribution in [0.15, 0.2) is 0 Å². The molecule has 0 heterocycles. The van der Waals surface area contributed by atoms with Crippen LogP contribution in [0, 0.1) is 5.41 Å². The molecule has 1 atom stereocenters. The zero-order valence-electron chi connectivity index (χ0n) is 8.95. The predicted octanol–water partition coefficient (Wildman–Crippen LogP) is 0.0948. The number of nitrogens with two attached hydrogens (primary N) is 1. The topological polar surface area (TPSA) is 92.4 Å². The second-order valence-corrected chi connectivity index (χ2v) is 4.29. The molecule has 0 aliphatic heterocycles. The fourth-order valence-corrected chi connectivity index (χ4v) is 1.46. The Morgan fingerprint density at radius 3 is 2.53 bits per heavy atom. The second kappa shape index (κ2) is 4.61. The molecule has 1 rings (SSSR count). The Kier molecular flexibility index (Phi) is 3.68. The van der Waals surface area contributed by atoms with Gasteiger partial charge in [-0.2, -0.15) is 0 Å². The van der Waals surface area contributed by atoms with Crippen LogP contribution in [0.4, 0.5) is 0 Å². The number of rotatable bonds is 6. The molecule has 1 unspecified atom stereocenters. The maximum absolute atomic E-state index is 11.7. The monoisotopic (exact) mass is 214 g/mol. The predicted molar refractivity (Wildman–Crippen MR) is 55.2 cm³/mol. The van der Waals surface area contributed by atoms with E-state index in [4.69, 9.17) is 10.8 Å². The minimum atomic E-state index is -0.837. The summed E-state index contributed by atoms with van der Waals surface area (Å²) in [7, 11) is 0. The van der Waals surface area contributed by atoms with Crippen LogP contribution in [0.5, 0.6) is 0 Å². The summed E-state index contributed by atoms with van der Waals surface area (Å²) in [6.07, 6.45) is 2.24. The van der Waals surface area contributed by atoms with E-state index >= 15 is 0 Å². The molecule has 5 nitrogen and oxygen atoms in total. The summed E-state index contributed by atoms with van der Waals surface area (Å²) in [5, 5.41) is 11.3. The molecule has 5 heteroatoms. The lowest BCUT2D eigenvalue weighted by atomic mass is 10.1. The van der Waals surface area contributed by atoms with Crippen LogP contribution >= 0.6 is 0 Å². The highest BCUT2D eigenvalue weighted by Gasteiger charge is 2.48. The van der Waals surface area contributed by atoms with Gasteiger partial charge in [0.1, 0.15) is 0 Å². The minimum absolute atomic E-state index is 0.0251. The van der Waals surface area contributed by atoms with Crippen LogP contribution in [-0.4, -0.2) is 29.6 Å². The summed E-state index contributed by atoms with van der Waals surface area (Å²) < 4.78 is 0. The molecule has 15 heavy (non-hydrogen) atoms. The van der Waals surface area contributed by atoms with Crippen molar-refractivity contribution in [3.8, 4) is 0 Å². The van der Waals surface area contributed by atoms with Gasteiger partial charge in [0.05, 0.1) is 5.41 Å². The Balaban J connectivity index is 2.28. The smallest absolute Gasteiger partial charge is 0.303 e. The van der Waals surface area contributed by atoms with Gasteiger partial charge in [-0.25, -0.2) is 0 Å². The van der Waals surface area contributed by atoms with Crippen molar-refractivity contribution in [1.82, 2.24) is 5.32 Å². The normalized spacial score (nSPS) is 19.3. The quantitative estimate of drug-likeness (QED) is 0.584. The van der Waals surface area contributed by atoms with Gasteiger partial charge in [0.25, 0.3) is 0 Å². The number of aliphatic carboxylic acids is 1. The Hall–Kier alpha value is -1.10. The van der Waals surface area contributed by atoms with Gasteiger partial charge in [-0.1, -0.05) is 0 Å². The summed E-state index contributed by atoms with van der Waals surface area (Å²) in [6, 6.07) is -0.0994. The van der Waals surface area contributed by atoms with Gasteiger partial charge >= 0.3 is 5.97 Å². The molecule has 0 aromatic rings. The van der Waals surface area contributed by atoms with E-state index < -0.39 is 5.97 Å². The number of carboxylic acid groups (broad SMARTS) is 1. The summed E-state index contributed by atoms with van der Waals surface area (Å²) in [5.74, 6) is -0.862. The minimum Gasteiger partial charge on any atom is -0.481 e. The second-order valence-electron chi connectivity index (χ2n) is 4.29. The highest BCUT2D eigenvalue weighted by Crippen LogP contribution is 2.44. The molecule has 1 amide bonds. The first kappa shape index (κ1) is 12.0. The molecule has 0 aromatic heterocycles. The SMILES string of the molecule is CC(CCC(=O)O)NC(=O)C1(CN)CC1. The van der Waals surface area contributed by atoms with Gasteiger partial charge in [-0.05, 0) is 26.2 Å². The maximum atomic E-state index is 11.7. The molecule has 0 saturated heterocycles. The van der Waals surface area contributed by atoms with E-state index in [1.165, 1.54) is 0 Å². The number of nitrogens with one attached hydrogen (secondary N) is 1. The van der Waals surface area contributed by atoms with Crippen molar-refractivity contribution in [3.63, 3.8) is 0 Å². The molecule has 1 saturated carbocycles. The Labute approximate surface area is 89.0 Å². The van der Waals surface area contributed by atoms with E-state index in [0.717, 1.165) is 12.8 Å². The van der Waals surface area contributed by atoms with Crippen molar-refractivity contribution in [2.24, 2.45) is 11.1 Å². The number of carbonyl (C=O) groups is 2. The lowest BCUT2D eigenvalue weighted by Crippen LogP contribution is -2.41. The van der Waals surface area contributed by atoms with Crippen molar-refractivity contribution in [1.29, 1.82) is 0 Å². The lowest BCUT2D eigenvalue weighted by Gasteiger charge is -2.17. The summed E-state index contributed by atoms with van der Waals surface area (Å²) in [4.78, 5) is 22.0. The molecule has 1 aliphatic carbocycles. The number of hydrogen-bond donors (Lipinski definition) is 3. The van der Waals surface area contributed by atoms with Crippen LogP contribution in [0.25, 0.3) is 0 Å². The van der Waals surface area contributed by atoms with Crippen LogP contribution < -0.4 is 11.1 Å². The molecular formula is C10H18N2O3. The van der Waals surface area contributed by atoms with Crippen LogP contribution in [0.1, 0.15) is 32.6 Å². The lowest BCUT2D eigenvalue weighted by molar-refractivity contribution is -0.137. The summed E-state index contributed by atoms with van der Waals surface area (Å²) in [5.41, 5.74) is 5.16. The molecule has 0 bridgehead atoms. The molecule has 1 aliphatic rings. The fourth-order valence-electron chi connectivity index (χ4n) is 1.46. The molecule has 0 spiro atoms. The maximum Gasteiger partial charge on any atom is 0.303 e. The van der Waals surface area contributed by atoms with E-state index in [1.807, 2.05) is 6.92 Å². The fraction of sp³-hybridized carbons (Fsp3) is 0.800. The van der Waals surface area contributed by atoms with Crippen LogP contribution in [-0.2, 0) is 9.59 Å². The molecule has 0 aromatic carbocycles. The molecule has 1 fully saturated rings. The Bertz CT molecular complexity index is 261. The zero-order valence-corrected chi connectivity index (χ0v) is 8.95. The average Bonchev–Trinajstić information content (AvgIpc) is 2.95. The van der Waals surface area contributed by atoms with Crippen molar-refractivity contribution in [3.05, 3.63) is 0 Å². The highest BCUT2D eigenvalue weighted by atomic mass is 16.4. The Morgan fingerprint density at radius 1 is 1.53 bits per heavy atom. The third-order valence-electron chi connectivity index (χ3n) is 2.89. The van der Waals surface area contributed by atoms with Crippen molar-refractivity contribution >= 4 is 11.9 Å². The van der Waals surface area contributed by atoms with Crippen molar-refractivity contribution < 1.29 is 14.7 Å². The van der Waals surface area contributed by atoms with Crippen LogP contribution in [0.3, 0.4) is 0 Å². The first-order chi connectivity index (χ1) is 7.00. The summed E-state index contributed by atoms with van der Waals surface area (Å²) >= 11 is 0. The zero-order chi connectivity index (χ0) is 11.5. The van der Waals surface area contributed by atoms with E-state index in [0.29, 0.717) is 13.0 Å². The first-order valence-corrected chi connectivity index (χ1v) is 5.23. The summed E-state index contributed by atoms with van der Waals surface area (Å²) in [6.45, 7) is 2.19. The number of hydrogen-bond acceptors (Lipinski definition) is 3. The van der Waals surface area contributed by atoms with Gasteiger partial charge in [0.15, 0.2) is 0 Å². The van der Waals surface area contributed by atoms with Gasteiger partial charge in [0.2, 0.25) is 5.91 Å². The molecule has 86 valence electrons. The number of carboxylic acids is 1. The first-order valence-electron chi connectivity index (χ1n) is 5.23. The number of amides is 1. The van der Waals surface area contributed by atoms with Crippen LogP contribution in [0.2, 0.25) is 0 Å². The van der Waals surface area contributed by atoms with Gasteiger partial charge in [-0.15, -0.1) is 0 Å². The molecule has 4 N–H and O–H groups in total. The van der Waals surface area contributed by atoms with Gasteiger partial charge in [0, 0.05) is 19.0 Å². The van der Waals surface area contributed by atoms with Crippen molar-refractivity contribution in [2.75, 3.05) is 6.54 Å². The Morgan fingerprint density at radius 2 is 2.13 bits per heavy atom. The number of carbonyl (C=O) groups excluding carboxylic acids is 1. The molecule has 0 radical (unpaired) electrons. The van der Waals surface area contributed by atoms with Gasteiger partial charge < -0.3 is 16.2 Å². The third-order valence-corrected chi connectivity index (χ3v) is 2.89.